The van der Waals surface area contributed by atoms with Crippen LogP contribution in [0.2, 0.25) is 0 Å². The molecule has 0 bridgehead atoms. The minimum atomic E-state index is -1.34. The van der Waals surface area contributed by atoms with E-state index in [4.69, 9.17) is 0 Å². The molecule has 1 atom stereocenters. The Morgan fingerprint density at radius 3 is 2.28 bits per heavy atom. The molecule has 9 heteroatoms. The highest BCUT2D eigenvalue weighted by molar-refractivity contribution is 5.79. The van der Waals surface area contributed by atoms with Crippen molar-refractivity contribution in [3.8, 4) is 0 Å². The number of halogens is 1. The van der Waals surface area contributed by atoms with Gasteiger partial charge in [0.1, 0.15) is 11.9 Å². The van der Waals surface area contributed by atoms with E-state index in [-0.39, 0.29) is 43.5 Å². The zero-order chi connectivity index (χ0) is 21.6. The maximum Gasteiger partial charge on any atom is 0.408 e. The lowest BCUT2D eigenvalue weighted by Gasteiger charge is -2.27. The summed E-state index contributed by atoms with van der Waals surface area (Å²) in [6.07, 6.45) is 2.25. The first-order valence-electron chi connectivity index (χ1n) is 9.42. The number of benzene rings is 1. The Hall–Kier alpha value is -3.10. The molecule has 2 N–H and O–H groups in total. The molecule has 0 saturated carbocycles. The number of aromatic nitrogens is 2. The van der Waals surface area contributed by atoms with E-state index in [1.165, 1.54) is 21.4 Å². The number of imidazole rings is 1. The standard InChI is InChI=1S/C20H26FN3O5/c1-14(2)13-17(18(25)26)24(20(28)29)12-11-23-10-9-22(19(23)27)8-7-15-5-3-4-6-16(15)21/h3-6,9-10,14,17H,7-8,11-13H2,1-2H3,(H,25,26)(H,28,29). The molecular weight excluding hydrogens is 381 g/mol. The van der Waals surface area contributed by atoms with Crippen molar-refractivity contribution in [3.05, 3.63) is 58.5 Å². The van der Waals surface area contributed by atoms with E-state index >= 15 is 0 Å². The summed E-state index contributed by atoms with van der Waals surface area (Å²) in [6, 6.07) is 5.16. The number of aliphatic carboxylic acids is 1. The maximum atomic E-state index is 13.7. The largest absolute Gasteiger partial charge is 0.480 e. The van der Waals surface area contributed by atoms with Crippen LogP contribution in [0, 0.1) is 11.7 Å². The number of hydrogen-bond donors (Lipinski definition) is 2. The monoisotopic (exact) mass is 407 g/mol. The van der Waals surface area contributed by atoms with Crippen LogP contribution in [0.1, 0.15) is 25.8 Å². The normalized spacial score (nSPS) is 12.1. The molecule has 0 aliphatic carbocycles. The van der Waals surface area contributed by atoms with Crippen LogP contribution >= 0.6 is 0 Å². The first-order valence-corrected chi connectivity index (χ1v) is 9.42. The Morgan fingerprint density at radius 1 is 1.10 bits per heavy atom. The Bertz CT molecular complexity index is 906. The van der Waals surface area contributed by atoms with Crippen LogP contribution in [0.4, 0.5) is 9.18 Å². The summed E-state index contributed by atoms with van der Waals surface area (Å²) in [6.45, 7) is 3.81. The molecule has 158 valence electrons. The molecule has 0 fully saturated rings. The van der Waals surface area contributed by atoms with E-state index in [0.717, 1.165) is 4.90 Å². The molecule has 1 aromatic carbocycles. The molecule has 29 heavy (non-hydrogen) atoms. The van der Waals surface area contributed by atoms with Gasteiger partial charge < -0.3 is 10.2 Å². The van der Waals surface area contributed by atoms with Crippen molar-refractivity contribution in [1.82, 2.24) is 14.0 Å². The maximum absolute atomic E-state index is 13.7. The van der Waals surface area contributed by atoms with Gasteiger partial charge in [0.2, 0.25) is 0 Å². The third-order valence-electron chi connectivity index (χ3n) is 4.68. The van der Waals surface area contributed by atoms with E-state index in [2.05, 4.69) is 0 Å². The number of hydrogen-bond acceptors (Lipinski definition) is 3. The van der Waals surface area contributed by atoms with Crippen molar-refractivity contribution >= 4 is 12.1 Å². The average molecular weight is 407 g/mol. The molecule has 1 amide bonds. The first kappa shape index (κ1) is 22.2. The summed E-state index contributed by atoms with van der Waals surface area (Å²) >= 11 is 0. The molecule has 8 nitrogen and oxygen atoms in total. The van der Waals surface area contributed by atoms with E-state index in [0.29, 0.717) is 12.0 Å². The summed E-state index contributed by atoms with van der Waals surface area (Å²) in [4.78, 5) is 36.4. The third kappa shape index (κ3) is 5.94. The van der Waals surface area contributed by atoms with Gasteiger partial charge in [0, 0.05) is 32.0 Å². The minimum absolute atomic E-state index is 0.000128. The Kier molecular flexibility index (Phi) is 7.58. The molecule has 0 saturated heterocycles. The summed E-state index contributed by atoms with van der Waals surface area (Å²) in [5.74, 6) is -1.54. The van der Waals surface area contributed by atoms with Crippen LogP contribution in [0.3, 0.4) is 0 Å². The van der Waals surface area contributed by atoms with Gasteiger partial charge in [-0.15, -0.1) is 0 Å². The fourth-order valence-electron chi connectivity index (χ4n) is 3.14. The number of carbonyl (C=O) groups is 2. The van der Waals surface area contributed by atoms with E-state index in [1.54, 1.807) is 24.4 Å². The van der Waals surface area contributed by atoms with Crippen LogP contribution in [-0.2, 0) is 24.3 Å². The van der Waals surface area contributed by atoms with Gasteiger partial charge in [0.25, 0.3) is 0 Å². The van der Waals surface area contributed by atoms with Gasteiger partial charge in [-0.3, -0.25) is 14.0 Å². The zero-order valence-corrected chi connectivity index (χ0v) is 16.5. The fraction of sp³-hybridized carbons (Fsp3) is 0.450. The second-order valence-electron chi connectivity index (χ2n) is 7.27. The van der Waals surface area contributed by atoms with Crippen LogP contribution in [-0.4, -0.2) is 48.9 Å². The minimum Gasteiger partial charge on any atom is -0.480 e. The van der Waals surface area contributed by atoms with E-state index in [1.807, 2.05) is 13.8 Å². The summed E-state index contributed by atoms with van der Waals surface area (Å²) in [5, 5.41) is 18.8. The van der Waals surface area contributed by atoms with Crippen LogP contribution in [0.5, 0.6) is 0 Å². The van der Waals surface area contributed by atoms with Gasteiger partial charge in [-0.25, -0.2) is 18.8 Å². The van der Waals surface area contributed by atoms with Crippen LogP contribution in [0.25, 0.3) is 0 Å². The molecule has 0 aliphatic heterocycles. The predicted molar refractivity (Wildman–Crippen MR) is 104 cm³/mol. The molecule has 1 heterocycles. The smallest absolute Gasteiger partial charge is 0.408 e. The first-order chi connectivity index (χ1) is 13.7. The quantitative estimate of drug-likeness (QED) is 0.630. The van der Waals surface area contributed by atoms with Crippen LogP contribution in [0.15, 0.2) is 41.5 Å². The van der Waals surface area contributed by atoms with Gasteiger partial charge in [-0.05, 0) is 30.4 Å². The van der Waals surface area contributed by atoms with Crippen LogP contribution < -0.4 is 5.69 Å². The van der Waals surface area contributed by atoms with Gasteiger partial charge in [0.05, 0.1) is 0 Å². The highest BCUT2D eigenvalue weighted by Crippen LogP contribution is 2.13. The topological polar surface area (TPSA) is 105 Å². The van der Waals surface area contributed by atoms with Crippen molar-refractivity contribution in [3.63, 3.8) is 0 Å². The fourth-order valence-corrected chi connectivity index (χ4v) is 3.14. The number of carboxylic acid groups (broad SMARTS) is 2. The zero-order valence-electron chi connectivity index (χ0n) is 16.5. The second kappa shape index (κ2) is 9.90. The molecule has 2 aromatic rings. The second-order valence-corrected chi connectivity index (χ2v) is 7.27. The lowest BCUT2D eigenvalue weighted by atomic mass is 10.0. The summed E-state index contributed by atoms with van der Waals surface area (Å²) < 4.78 is 16.5. The lowest BCUT2D eigenvalue weighted by molar-refractivity contribution is -0.143. The average Bonchev–Trinajstić information content (AvgIpc) is 2.99. The number of nitrogens with zero attached hydrogens (tertiary/aromatic N) is 3. The Labute approximate surface area is 167 Å². The molecule has 0 radical (unpaired) electrons. The Balaban J connectivity index is 2.06. The lowest BCUT2D eigenvalue weighted by Crippen LogP contribution is -2.47. The Morgan fingerprint density at radius 2 is 1.72 bits per heavy atom. The predicted octanol–water partition coefficient (Wildman–Crippen LogP) is 2.51. The number of rotatable bonds is 10. The van der Waals surface area contributed by atoms with Gasteiger partial charge in [-0.1, -0.05) is 32.0 Å². The highest BCUT2D eigenvalue weighted by Gasteiger charge is 2.30. The SMILES string of the molecule is CC(C)CC(C(=O)O)N(CCn1ccn(CCc2ccccc2F)c1=O)C(=O)O. The molecule has 1 unspecified atom stereocenters. The molecule has 0 aliphatic rings. The molecular formula is C20H26FN3O5. The van der Waals surface area contributed by atoms with Crippen molar-refractivity contribution in [2.45, 2.75) is 45.8 Å². The van der Waals surface area contributed by atoms with Gasteiger partial charge in [0.15, 0.2) is 0 Å². The van der Waals surface area contributed by atoms with Gasteiger partial charge in [-0.2, -0.15) is 0 Å². The van der Waals surface area contributed by atoms with Crippen molar-refractivity contribution in [1.29, 1.82) is 0 Å². The van der Waals surface area contributed by atoms with E-state index < -0.39 is 18.1 Å². The molecule has 0 spiro atoms. The number of amides is 1. The highest BCUT2D eigenvalue weighted by atomic mass is 19.1. The van der Waals surface area contributed by atoms with Crippen molar-refractivity contribution < 1.29 is 24.2 Å². The van der Waals surface area contributed by atoms with E-state index in [9.17, 15) is 29.0 Å². The summed E-state index contributed by atoms with van der Waals surface area (Å²) in [7, 11) is 0. The van der Waals surface area contributed by atoms with Crippen molar-refractivity contribution in [2.75, 3.05) is 6.54 Å². The number of aryl methyl sites for hydroxylation is 2. The molecule has 1 aromatic heterocycles. The summed E-state index contributed by atoms with van der Waals surface area (Å²) in [5.41, 5.74) is 0.143. The van der Waals surface area contributed by atoms with Gasteiger partial charge >= 0.3 is 17.8 Å². The van der Waals surface area contributed by atoms with Crippen molar-refractivity contribution in [2.24, 2.45) is 5.92 Å². The molecule has 2 rings (SSSR count). The number of carboxylic acids is 1. The third-order valence-corrected chi connectivity index (χ3v) is 4.68.